The van der Waals surface area contributed by atoms with Crippen LogP contribution in [0.15, 0.2) is 42.5 Å². The molecule has 0 bridgehead atoms. The van der Waals surface area contributed by atoms with Gasteiger partial charge in [0.25, 0.3) is 0 Å². The molecule has 0 spiro atoms. The van der Waals surface area contributed by atoms with Crippen LogP contribution in [-0.2, 0) is 11.3 Å². The Morgan fingerprint density at radius 1 is 1.16 bits per heavy atom. The number of carbonyl (C=O) groups is 1. The van der Waals surface area contributed by atoms with Gasteiger partial charge in [-0.1, -0.05) is 41.4 Å². The van der Waals surface area contributed by atoms with E-state index in [9.17, 15) is 4.79 Å². The topological polar surface area (TPSA) is 52.3 Å². The average Bonchev–Trinajstić information content (AvgIpc) is 2.36. The van der Waals surface area contributed by atoms with E-state index in [-0.39, 0.29) is 17.2 Å². The lowest BCUT2D eigenvalue weighted by Gasteiger charge is -2.08. The normalized spacial score (nSPS) is 10.2. The monoisotopic (exact) mass is 295 g/mol. The first-order valence-electron chi connectivity index (χ1n) is 5.53. The number of rotatable bonds is 3. The summed E-state index contributed by atoms with van der Waals surface area (Å²) in [4.78, 5) is 11.9. The molecule has 0 atom stereocenters. The number of anilines is 1. The van der Waals surface area contributed by atoms with Crippen LogP contribution < -0.4 is 5.73 Å². The summed E-state index contributed by atoms with van der Waals surface area (Å²) in [6.45, 7) is 0.115. The minimum absolute atomic E-state index is 0.115. The summed E-state index contributed by atoms with van der Waals surface area (Å²) in [5.74, 6) is -0.553. The summed E-state index contributed by atoms with van der Waals surface area (Å²) < 4.78 is 5.17. The molecule has 2 aromatic rings. The van der Waals surface area contributed by atoms with Gasteiger partial charge in [-0.3, -0.25) is 0 Å². The molecule has 0 fully saturated rings. The first-order chi connectivity index (χ1) is 9.08. The van der Waals surface area contributed by atoms with Gasteiger partial charge in [0.15, 0.2) is 0 Å². The molecule has 0 aliphatic carbocycles. The van der Waals surface area contributed by atoms with Crippen LogP contribution in [0.5, 0.6) is 0 Å². The van der Waals surface area contributed by atoms with Gasteiger partial charge >= 0.3 is 5.97 Å². The Labute approximate surface area is 120 Å². The second-order valence-electron chi connectivity index (χ2n) is 3.91. The van der Waals surface area contributed by atoms with E-state index in [2.05, 4.69) is 0 Å². The Morgan fingerprint density at radius 3 is 2.58 bits per heavy atom. The van der Waals surface area contributed by atoms with Gasteiger partial charge < -0.3 is 10.5 Å². The van der Waals surface area contributed by atoms with Crippen LogP contribution in [0.4, 0.5) is 5.69 Å². The van der Waals surface area contributed by atoms with Crippen molar-refractivity contribution in [1.29, 1.82) is 0 Å². The minimum Gasteiger partial charge on any atom is -0.457 e. The fourth-order valence-corrected chi connectivity index (χ4v) is 2.08. The van der Waals surface area contributed by atoms with Gasteiger partial charge in [-0.2, -0.15) is 0 Å². The van der Waals surface area contributed by atoms with E-state index in [0.717, 1.165) is 5.56 Å². The number of ether oxygens (including phenoxy) is 1. The Hall–Kier alpha value is -1.71. The van der Waals surface area contributed by atoms with Gasteiger partial charge in [0, 0.05) is 10.7 Å². The van der Waals surface area contributed by atoms with Crippen LogP contribution in [0.2, 0.25) is 10.0 Å². The van der Waals surface area contributed by atoms with Crippen molar-refractivity contribution in [3.05, 3.63) is 63.6 Å². The number of benzene rings is 2. The van der Waals surface area contributed by atoms with E-state index in [1.165, 1.54) is 0 Å². The first kappa shape index (κ1) is 13.7. The molecule has 0 amide bonds. The maximum Gasteiger partial charge on any atom is 0.342 e. The second kappa shape index (κ2) is 5.95. The molecule has 2 N–H and O–H groups in total. The zero-order chi connectivity index (χ0) is 13.8. The summed E-state index contributed by atoms with van der Waals surface area (Å²) in [7, 11) is 0. The number of nitrogens with two attached hydrogens (primary N) is 1. The predicted octanol–water partition coefficient (Wildman–Crippen LogP) is 3.93. The average molecular weight is 296 g/mol. The molecule has 19 heavy (non-hydrogen) atoms. The highest BCUT2D eigenvalue weighted by atomic mass is 35.5. The van der Waals surface area contributed by atoms with E-state index in [1.54, 1.807) is 36.4 Å². The summed E-state index contributed by atoms with van der Waals surface area (Å²) in [6.07, 6.45) is 0. The van der Waals surface area contributed by atoms with Crippen LogP contribution in [0.25, 0.3) is 0 Å². The first-order valence-corrected chi connectivity index (χ1v) is 6.29. The highest BCUT2D eigenvalue weighted by Crippen LogP contribution is 2.23. The van der Waals surface area contributed by atoms with E-state index in [1.807, 2.05) is 6.07 Å². The van der Waals surface area contributed by atoms with E-state index in [0.29, 0.717) is 10.7 Å². The molecule has 3 nitrogen and oxygen atoms in total. The molecule has 2 rings (SSSR count). The molecular weight excluding hydrogens is 285 g/mol. The molecule has 0 aromatic heterocycles. The highest BCUT2D eigenvalue weighted by Gasteiger charge is 2.15. The Morgan fingerprint density at radius 2 is 1.89 bits per heavy atom. The van der Waals surface area contributed by atoms with E-state index >= 15 is 0 Å². The predicted molar refractivity (Wildman–Crippen MR) is 76.4 cm³/mol. The van der Waals surface area contributed by atoms with E-state index < -0.39 is 5.97 Å². The van der Waals surface area contributed by atoms with Crippen molar-refractivity contribution in [2.24, 2.45) is 0 Å². The molecular formula is C14H11Cl2NO2. The molecule has 0 unspecified atom stereocenters. The molecule has 0 aliphatic heterocycles. The highest BCUT2D eigenvalue weighted by molar-refractivity contribution is 6.34. The zero-order valence-corrected chi connectivity index (χ0v) is 11.4. The van der Waals surface area contributed by atoms with E-state index in [4.69, 9.17) is 33.7 Å². The quantitative estimate of drug-likeness (QED) is 0.689. The van der Waals surface area contributed by atoms with Crippen molar-refractivity contribution in [3.8, 4) is 0 Å². The van der Waals surface area contributed by atoms with Crippen LogP contribution in [0, 0.1) is 0 Å². The molecule has 2 aromatic carbocycles. The third kappa shape index (κ3) is 3.40. The third-order valence-corrected chi connectivity index (χ3v) is 3.06. The number of hydrogen-bond acceptors (Lipinski definition) is 3. The second-order valence-corrected chi connectivity index (χ2v) is 4.75. The number of nitrogen functional groups attached to an aromatic ring is 1. The van der Waals surface area contributed by atoms with Gasteiger partial charge in [-0.25, -0.2) is 4.79 Å². The Kier molecular flexibility index (Phi) is 4.30. The fraction of sp³-hybridized carbons (Fsp3) is 0.0714. The Bertz CT molecular complexity index is 594. The van der Waals surface area contributed by atoms with Crippen LogP contribution >= 0.6 is 23.2 Å². The standard InChI is InChI=1S/C14H11Cl2NO2/c15-10-4-1-3-9(7-10)8-19-14(18)13-11(16)5-2-6-12(13)17/h1-7H,8,17H2. The SMILES string of the molecule is Nc1cccc(Cl)c1C(=O)OCc1cccc(Cl)c1. The summed E-state index contributed by atoms with van der Waals surface area (Å²) in [5.41, 5.74) is 6.99. The van der Waals surface area contributed by atoms with Gasteiger partial charge in [0.2, 0.25) is 0 Å². The van der Waals surface area contributed by atoms with Crippen molar-refractivity contribution in [3.63, 3.8) is 0 Å². The van der Waals surface area contributed by atoms with Crippen LogP contribution in [0.3, 0.4) is 0 Å². The molecule has 0 saturated carbocycles. The largest absolute Gasteiger partial charge is 0.457 e. The summed E-state index contributed by atoms with van der Waals surface area (Å²) in [6, 6.07) is 11.9. The molecule has 0 saturated heterocycles. The van der Waals surface area contributed by atoms with Gasteiger partial charge in [0.1, 0.15) is 12.2 Å². The molecule has 0 heterocycles. The zero-order valence-electron chi connectivity index (χ0n) is 9.90. The number of esters is 1. The lowest BCUT2D eigenvalue weighted by molar-refractivity contribution is 0.0474. The van der Waals surface area contributed by atoms with Crippen molar-refractivity contribution >= 4 is 34.9 Å². The third-order valence-electron chi connectivity index (χ3n) is 2.51. The lowest BCUT2D eigenvalue weighted by atomic mass is 10.2. The van der Waals surface area contributed by atoms with Crippen molar-refractivity contribution in [1.82, 2.24) is 0 Å². The van der Waals surface area contributed by atoms with Crippen molar-refractivity contribution in [2.45, 2.75) is 6.61 Å². The lowest BCUT2D eigenvalue weighted by Crippen LogP contribution is -2.09. The van der Waals surface area contributed by atoms with Crippen LogP contribution in [0.1, 0.15) is 15.9 Å². The summed E-state index contributed by atoms with van der Waals surface area (Å²) in [5, 5.41) is 0.863. The van der Waals surface area contributed by atoms with Crippen LogP contribution in [-0.4, -0.2) is 5.97 Å². The minimum atomic E-state index is -0.553. The smallest absolute Gasteiger partial charge is 0.342 e. The maximum absolute atomic E-state index is 11.9. The van der Waals surface area contributed by atoms with Gasteiger partial charge in [0.05, 0.1) is 5.02 Å². The summed E-state index contributed by atoms with van der Waals surface area (Å²) >= 11 is 11.8. The molecule has 0 aliphatic rings. The Balaban J connectivity index is 2.10. The number of hydrogen-bond donors (Lipinski definition) is 1. The van der Waals surface area contributed by atoms with Crippen molar-refractivity contribution < 1.29 is 9.53 Å². The molecule has 5 heteroatoms. The molecule has 98 valence electrons. The maximum atomic E-state index is 11.9. The van der Waals surface area contributed by atoms with Gasteiger partial charge in [-0.05, 0) is 29.8 Å². The molecule has 0 radical (unpaired) electrons. The van der Waals surface area contributed by atoms with Crippen molar-refractivity contribution in [2.75, 3.05) is 5.73 Å². The fourth-order valence-electron chi connectivity index (χ4n) is 1.60. The number of halogens is 2. The number of carbonyl (C=O) groups excluding carboxylic acids is 1. The van der Waals surface area contributed by atoms with Gasteiger partial charge in [-0.15, -0.1) is 0 Å².